The second-order valence-electron chi connectivity index (χ2n) is 9.36. The van der Waals surface area contributed by atoms with Gasteiger partial charge < -0.3 is 14.7 Å². The number of methoxy groups -OCH3 is 1. The number of aromatic nitrogens is 4. The molecule has 0 aliphatic carbocycles. The first kappa shape index (κ1) is 27.8. The summed E-state index contributed by atoms with van der Waals surface area (Å²) in [7, 11) is 1.49. The number of aliphatic hydroxyl groups excluding tert-OH is 1. The molecule has 3 aromatic heterocycles. The summed E-state index contributed by atoms with van der Waals surface area (Å²) in [4.78, 5) is 25.7. The third-order valence-corrected chi connectivity index (χ3v) is 7.42. The van der Waals surface area contributed by atoms with E-state index in [0.29, 0.717) is 39.6 Å². The highest BCUT2D eigenvalue weighted by Gasteiger charge is 2.39. The first-order valence-electron chi connectivity index (χ1n) is 12.5. The van der Waals surface area contributed by atoms with Crippen molar-refractivity contribution in [2.75, 3.05) is 39.9 Å². The van der Waals surface area contributed by atoms with Gasteiger partial charge in [-0.3, -0.25) is 9.69 Å². The molecule has 4 aromatic rings. The van der Waals surface area contributed by atoms with Crippen molar-refractivity contribution >= 4 is 23.2 Å². The summed E-state index contributed by atoms with van der Waals surface area (Å²) in [6.45, 7) is 2.55. The summed E-state index contributed by atoms with van der Waals surface area (Å²) in [5, 5.41) is 14.3. The zero-order chi connectivity index (χ0) is 28.6. The van der Waals surface area contributed by atoms with E-state index in [1.807, 2.05) is 4.90 Å². The maximum Gasteiger partial charge on any atom is 0.433 e. The number of ether oxygens (including phenoxy) is 1. The van der Waals surface area contributed by atoms with Crippen molar-refractivity contribution in [3.05, 3.63) is 76.3 Å². The molecule has 0 unspecified atom stereocenters. The third-order valence-electron chi connectivity index (χ3n) is 7.11. The smallest absolute Gasteiger partial charge is 0.433 e. The van der Waals surface area contributed by atoms with Crippen molar-refractivity contribution in [2.24, 2.45) is 0 Å². The number of piperazine rings is 1. The van der Waals surface area contributed by atoms with Crippen molar-refractivity contribution in [1.29, 1.82) is 0 Å². The quantitative estimate of drug-likeness (QED) is 0.344. The summed E-state index contributed by atoms with van der Waals surface area (Å²) in [5.41, 5.74) is -0.0745. The summed E-state index contributed by atoms with van der Waals surface area (Å²) < 4.78 is 48.6. The van der Waals surface area contributed by atoms with E-state index in [0.717, 1.165) is 6.20 Å². The molecule has 1 aliphatic rings. The number of halogens is 4. The van der Waals surface area contributed by atoms with E-state index >= 15 is 0 Å². The molecular weight excluding hydrogens is 549 g/mol. The number of carbonyl (C=O) groups is 1. The number of hydrogen-bond donors (Lipinski definition) is 1. The molecule has 1 aliphatic heterocycles. The minimum Gasteiger partial charge on any atom is -0.497 e. The number of benzene rings is 1. The molecule has 9 nitrogen and oxygen atoms in total. The molecule has 40 heavy (non-hydrogen) atoms. The lowest BCUT2D eigenvalue weighted by molar-refractivity contribution is -0.143. The van der Waals surface area contributed by atoms with Crippen LogP contribution >= 0.6 is 11.6 Å². The van der Waals surface area contributed by atoms with Crippen LogP contribution in [0, 0.1) is 6.92 Å². The van der Waals surface area contributed by atoms with E-state index in [4.69, 9.17) is 16.3 Å². The molecule has 1 N–H and O–H groups in total. The van der Waals surface area contributed by atoms with Crippen LogP contribution in [0.25, 0.3) is 16.9 Å². The number of hydrogen-bond acceptors (Lipinski definition) is 7. The zero-order valence-corrected chi connectivity index (χ0v) is 22.4. The summed E-state index contributed by atoms with van der Waals surface area (Å²) >= 11 is 6.23. The normalized spacial score (nSPS) is 15.4. The van der Waals surface area contributed by atoms with E-state index in [-0.39, 0.29) is 42.2 Å². The van der Waals surface area contributed by atoms with Gasteiger partial charge in [0, 0.05) is 49.1 Å². The average molecular weight is 575 g/mol. The Kier molecular flexibility index (Phi) is 7.67. The highest BCUT2D eigenvalue weighted by molar-refractivity contribution is 6.30. The minimum atomic E-state index is -4.74. The Morgan fingerprint density at radius 2 is 1.85 bits per heavy atom. The van der Waals surface area contributed by atoms with Gasteiger partial charge in [0.25, 0.3) is 5.91 Å². The van der Waals surface area contributed by atoms with Gasteiger partial charge in [-0.1, -0.05) is 17.7 Å². The molecular formula is C27H26ClF3N6O3. The molecule has 210 valence electrons. The van der Waals surface area contributed by atoms with E-state index in [2.05, 4.69) is 15.1 Å². The fourth-order valence-electron chi connectivity index (χ4n) is 5.05. The fourth-order valence-corrected chi connectivity index (χ4v) is 5.30. The van der Waals surface area contributed by atoms with Crippen molar-refractivity contribution in [3.63, 3.8) is 0 Å². The molecule has 0 bridgehead atoms. The van der Waals surface area contributed by atoms with Gasteiger partial charge >= 0.3 is 6.18 Å². The Morgan fingerprint density at radius 1 is 1.15 bits per heavy atom. The first-order valence-corrected chi connectivity index (χ1v) is 12.9. The Hall–Kier alpha value is -3.74. The van der Waals surface area contributed by atoms with Gasteiger partial charge in [0.05, 0.1) is 31.6 Å². The molecule has 1 fully saturated rings. The largest absolute Gasteiger partial charge is 0.497 e. The van der Waals surface area contributed by atoms with Crippen LogP contribution in [0.4, 0.5) is 13.2 Å². The maximum atomic E-state index is 14.2. The number of carbonyl (C=O) groups excluding carboxylic acids is 1. The SMILES string of the molecule is COc1ccc(-c2nc3c(C(=O)N4CCN([C@@H](CO)c5cccnc5Cl)CC4)cnn3c(C(F)(F)F)c2C)cc1. The number of aliphatic hydroxyl groups is 1. The van der Waals surface area contributed by atoms with Gasteiger partial charge in [0.1, 0.15) is 16.5 Å². The van der Waals surface area contributed by atoms with Crippen molar-refractivity contribution in [3.8, 4) is 17.0 Å². The van der Waals surface area contributed by atoms with Crippen molar-refractivity contribution in [1.82, 2.24) is 29.4 Å². The number of amides is 1. The van der Waals surface area contributed by atoms with E-state index in [9.17, 15) is 23.1 Å². The Balaban J connectivity index is 1.46. The summed E-state index contributed by atoms with van der Waals surface area (Å²) in [6, 6.07) is 9.63. The van der Waals surface area contributed by atoms with Gasteiger partial charge in [0.2, 0.25) is 0 Å². The van der Waals surface area contributed by atoms with E-state index in [1.165, 1.54) is 14.0 Å². The average Bonchev–Trinajstić information content (AvgIpc) is 3.36. The van der Waals surface area contributed by atoms with Crippen LogP contribution < -0.4 is 4.74 Å². The highest BCUT2D eigenvalue weighted by Crippen LogP contribution is 2.37. The standard InChI is InChI=1S/C27H26ClF3N6O3/c1-16-22(17-5-7-18(40-2)8-6-17)34-25-20(14-33-37(25)23(16)27(29,30)31)26(39)36-12-10-35(11-13-36)21(15-38)19-4-3-9-32-24(19)28/h3-9,14,21,38H,10-13,15H2,1-2H3/t21-/m0/s1. The Morgan fingerprint density at radius 3 is 2.45 bits per heavy atom. The lowest BCUT2D eigenvalue weighted by atomic mass is 10.0. The van der Waals surface area contributed by atoms with Crippen LogP contribution in [0.1, 0.15) is 33.2 Å². The van der Waals surface area contributed by atoms with Gasteiger partial charge in [-0.2, -0.15) is 18.3 Å². The molecule has 1 amide bonds. The number of fused-ring (bicyclic) bond motifs is 1. The van der Waals surface area contributed by atoms with Crippen LogP contribution in [0.3, 0.4) is 0 Å². The van der Waals surface area contributed by atoms with E-state index < -0.39 is 23.8 Å². The van der Waals surface area contributed by atoms with Gasteiger partial charge in [-0.25, -0.2) is 14.5 Å². The third kappa shape index (κ3) is 5.09. The molecule has 0 radical (unpaired) electrons. The van der Waals surface area contributed by atoms with Crippen LogP contribution in [-0.2, 0) is 6.18 Å². The molecule has 13 heteroatoms. The molecule has 1 saturated heterocycles. The Bertz CT molecular complexity index is 1540. The fraction of sp³-hybridized carbons (Fsp3) is 0.333. The number of rotatable bonds is 6. The molecule has 1 aromatic carbocycles. The molecule has 5 rings (SSSR count). The lowest BCUT2D eigenvalue weighted by Crippen LogP contribution is -2.50. The molecule has 0 spiro atoms. The van der Waals surface area contributed by atoms with Crippen molar-refractivity contribution < 1.29 is 27.8 Å². The van der Waals surface area contributed by atoms with Gasteiger partial charge in [-0.15, -0.1) is 0 Å². The van der Waals surface area contributed by atoms with Crippen LogP contribution in [-0.4, -0.2) is 80.3 Å². The Labute approximate surface area is 232 Å². The topological polar surface area (TPSA) is 96.1 Å². The van der Waals surface area contributed by atoms with E-state index in [1.54, 1.807) is 47.5 Å². The highest BCUT2D eigenvalue weighted by atomic mass is 35.5. The van der Waals surface area contributed by atoms with Crippen molar-refractivity contribution in [2.45, 2.75) is 19.1 Å². The minimum absolute atomic E-state index is 0.0253. The second-order valence-corrected chi connectivity index (χ2v) is 9.72. The van der Waals surface area contributed by atoms with Gasteiger partial charge in [-0.05, 0) is 37.3 Å². The molecule has 1 atom stereocenters. The zero-order valence-electron chi connectivity index (χ0n) is 21.7. The predicted octanol–water partition coefficient (Wildman–Crippen LogP) is 4.27. The number of nitrogens with zero attached hydrogens (tertiary/aromatic N) is 6. The predicted molar refractivity (Wildman–Crippen MR) is 141 cm³/mol. The van der Waals surface area contributed by atoms with Crippen LogP contribution in [0.2, 0.25) is 5.15 Å². The molecule has 0 saturated carbocycles. The first-order chi connectivity index (χ1) is 19.1. The summed E-state index contributed by atoms with van der Waals surface area (Å²) in [5.74, 6) is 0.0758. The summed E-state index contributed by atoms with van der Waals surface area (Å²) in [6.07, 6.45) is -2.04. The maximum absolute atomic E-state index is 14.2. The van der Waals surface area contributed by atoms with Gasteiger partial charge in [0.15, 0.2) is 11.3 Å². The van der Waals surface area contributed by atoms with Crippen LogP contribution in [0.15, 0.2) is 48.8 Å². The lowest BCUT2D eigenvalue weighted by Gasteiger charge is -2.38. The monoisotopic (exact) mass is 574 g/mol. The van der Waals surface area contributed by atoms with Crippen LogP contribution in [0.5, 0.6) is 5.75 Å². The number of alkyl halides is 3. The number of pyridine rings is 1. The second kappa shape index (κ2) is 11.0. The molecule has 4 heterocycles.